The first-order valence-corrected chi connectivity index (χ1v) is 18.8. The van der Waals surface area contributed by atoms with Gasteiger partial charge in [-0.05, 0) is 67.0 Å². The number of nitrogens with one attached hydrogen (secondary N) is 2. The van der Waals surface area contributed by atoms with Crippen LogP contribution in [0, 0.1) is 18.8 Å². The minimum absolute atomic E-state index is 0.0195. The molecule has 0 aliphatic rings. The highest BCUT2D eigenvalue weighted by molar-refractivity contribution is 7.46. The minimum Gasteiger partial charge on any atom is -0.425 e. The number of nitrogens with zero attached hydrogens (tertiary/aromatic N) is 3. The van der Waals surface area contributed by atoms with Crippen molar-refractivity contribution in [1.82, 2.24) is 4.98 Å². The van der Waals surface area contributed by atoms with Gasteiger partial charge in [0.25, 0.3) is 0 Å². The second-order valence-electron chi connectivity index (χ2n) is 13.5. The van der Waals surface area contributed by atoms with E-state index in [-0.39, 0.29) is 23.7 Å². The average molecular weight is 742 g/mol. The SMILES string of the molecule is CCC(CC(=O)OC(C)OC(=O)N(C)c1ncccc1COP(=O)(O)O)c1ccc(N(CC(C)C)CC(C)C)c(NC(=O)Nc2ccc(C)cc2)c1. The normalized spacial score (nSPS) is 12.6. The maximum Gasteiger partial charge on any atom is 0.469 e. The van der Waals surface area contributed by atoms with Gasteiger partial charge in [-0.25, -0.2) is 19.1 Å². The van der Waals surface area contributed by atoms with Gasteiger partial charge in [-0.15, -0.1) is 0 Å². The zero-order valence-corrected chi connectivity index (χ0v) is 32.1. The molecule has 0 aliphatic carbocycles. The zero-order valence-electron chi connectivity index (χ0n) is 31.2. The molecular weight excluding hydrogens is 689 g/mol. The number of aryl methyl sites for hydroxylation is 1. The van der Waals surface area contributed by atoms with Gasteiger partial charge in [0.2, 0.25) is 6.29 Å². The summed E-state index contributed by atoms with van der Waals surface area (Å²) in [4.78, 5) is 64.8. The third-order valence-corrected chi connectivity index (χ3v) is 8.34. The number of ether oxygens (including phenoxy) is 2. The van der Waals surface area contributed by atoms with Crippen LogP contribution in [0.2, 0.25) is 0 Å². The molecule has 2 unspecified atom stereocenters. The summed E-state index contributed by atoms with van der Waals surface area (Å²) in [6.45, 7) is 15.0. The Bertz CT molecular complexity index is 1690. The fraction of sp³-hybridized carbons (Fsp3) is 0.459. The smallest absolute Gasteiger partial charge is 0.425 e. The van der Waals surface area contributed by atoms with Crippen molar-refractivity contribution in [3.63, 3.8) is 0 Å². The summed E-state index contributed by atoms with van der Waals surface area (Å²) in [6, 6.07) is 16.0. The van der Waals surface area contributed by atoms with Crippen LogP contribution >= 0.6 is 7.82 Å². The number of hydrogen-bond donors (Lipinski definition) is 4. The van der Waals surface area contributed by atoms with E-state index >= 15 is 0 Å². The first-order chi connectivity index (χ1) is 24.4. The molecule has 14 nitrogen and oxygen atoms in total. The first kappa shape index (κ1) is 41.9. The molecule has 0 spiro atoms. The van der Waals surface area contributed by atoms with Gasteiger partial charge in [0.05, 0.1) is 24.4 Å². The number of rotatable bonds is 17. The molecule has 0 aliphatic heterocycles. The third kappa shape index (κ3) is 13.6. The minimum atomic E-state index is -4.77. The average Bonchev–Trinajstić information content (AvgIpc) is 3.06. The predicted molar refractivity (Wildman–Crippen MR) is 201 cm³/mol. The van der Waals surface area contributed by atoms with Gasteiger partial charge in [0.1, 0.15) is 5.82 Å². The van der Waals surface area contributed by atoms with E-state index in [1.165, 1.54) is 32.3 Å². The molecule has 0 radical (unpaired) electrons. The van der Waals surface area contributed by atoms with Crippen LogP contribution in [-0.2, 0) is 30.0 Å². The van der Waals surface area contributed by atoms with Crippen LogP contribution in [0.15, 0.2) is 60.8 Å². The second kappa shape index (κ2) is 19.4. The fourth-order valence-electron chi connectivity index (χ4n) is 5.52. The van der Waals surface area contributed by atoms with Crippen LogP contribution < -0.4 is 20.4 Å². The molecule has 52 heavy (non-hydrogen) atoms. The van der Waals surface area contributed by atoms with Crippen LogP contribution in [-0.4, -0.2) is 59.3 Å². The number of phosphoric ester groups is 1. The van der Waals surface area contributed by atoms with Crippen LogP contribution in [0.3, 0.4) is 0 Å². The molecule has 3 amide bonds. The molecular formula is C37H52N5O9P. The van der Waals surface area contributed by atoms with E-state index in [1.807, 2.05) is 56.3 Å². The standard InChI is InChI=1S/C37H52N5O9P/c1-9-28(20-34(43)50-27(7)51-37(45)41(8)35-30(11-10-18-38-35)23-49-52(46,47)48)29-14-17-33(42(21-24(2)3)22-25(4)5)32(19-29)40-36(44)39-31-15-12-26(6)13-16-31/h10-19,24-25,27-28H,9,20-23H2,1-8H3,(H2,39,40,44)(H2,46,47,48). The van der Waals surface area contributed by atoms with Crippen molar-refractivity contribution in [3.05, 3.63) is 77.5 Å². The van der Waals surface area contributed by atoms with Crippen molar-refractivity contribution in [2.75, 3.05) is 40.6 Å². The van der Waals surface area contributed by atoms with E-state index in [0.717, 1.165) is 34.8 Å². The van der Waals surface area contributed by atoms with E-state index in [1.54, 1.807) is 0 Å². The number of aromatic nitrogens is 1. The van der Waals surface area contributed by atoms with E-state index < -0.39 is 38.8 Å². The Morgan fingerprint density at radius 3 is 2.17 bits per heavy atom. The Kier molecular flexibility index (Phi) is 15.6. The summed E-state index contributed by atoms with van der Waals surface area (Å²) in [5.74, 6) is -0.0858. The molecule has 2 atom stereocenters. The lowest BCUT2D eigenvalue weighted by Gasteiger charge is -2.31. The first-order valence-electron chi connectivity index (χ1n) is 17.3. The maximum atomic E-state index is 13.3. The number of carbonyl (C=O) groups excluding carboxylic acids is 3. The summed E-state index contributed by atoms with van der Waals surface area (Å²) in [5.41, 5.74) is 4.27. The lowest BCUT2D eigenvalue weighted by molar-refractivity contribution is -0.165. The van der Waals surface area contributed by atoms with E-state index in [9.17, 15) is 18.9 Å². The molecule has 1 heterocycles. The topological polar surface area (TPSA) is 180 Å². The number of amides is 3. The molecule has 15 heteroatoms. The Balaban J connectivity index is 1.76. The molecule has 0 fully saturated rings. The molecule has 1 aromatic heterocycles. The van der Waals surface area contributed by atoms with E-state index in [4.69, 9.17) is 19.3 Å². The molecule has 4 N–H and O–H groups in total. The molecule has 0 bridgehead atoms. The van der Waals surface area contributed by atoms with Crippen LogP contribution in [0.25, 0.3) is 0 Å². The van der Waals surface area contributed by atoms with Crippen molar-refractivity contribution < 1.29 is 42.7 Å². The van der Waals surface area contributed by atoms with Gasteiger partial charge in [-0.2, -0.15) is 0 Å². The van der Waals surface area contributed by atoms with Crippen molar-refractivity contribution >= 4 is 48.8 Å². The van der Waals surface area contributed by atoms with Crippen molar-refractivity contribution in [3.8, 4) is 0 Å². The molecule has 2 aromatic carbocycles. The Labute approximate surface area is 306 Å². The largest absolute Gasteiger partial charge is 0.469 e. The highest BCUT2D eigenvalue weighted by atomic mass is 31.2. The van der Waals surface area contributed by atoms with Gasteiger partial charge in [0, 0.05) is 44.5 Å². The highest BCUT2D eigenvalue weighted by Gasteiger charge is 2.25. The van der Waals surface area contributed by atoms with Gasteiger partial charge in [-0.1, -0.05) is 64.4 Å². The van der Waals surface area contributed by atoms with E-state index in [0.29, 0.717) is 29.6 Å². The Morgan fingerprint density at radius 1 is 0.923 bits per heavy atom. The summed E-state index contributed by atoms with van der Waals surface area (Å²) >= 11 is 0. The predicted octanol–water partition coefficient (Wildman–Crippen LogP) is 7.81. The summed E-state index contributed by atoms with van der Waals surface area (Å²) in [5, 5.41) is 5.95. The molecule has 0 saturated carbocycles. The highest BCUT2D eigenvalue weighted by Crippen LogP contribution is 2.38. The van der Waals surface area contributed by atoms with Crippen molar-refractivity contribution in [2.45, 2.75) is 80.1 Å². The second-order valence-corrected chi connectivity index (χ2v) is 14.7. The number of phosphoric acid groups is 1. The fourth-order valence-corrected chi connectivity index (χ4v) is 5.83. The maximum absolute atomic E-state index is 13.3. The molecule has 3 rings (SSSR count). The number of anilines is 4. The number of benzene rings is 2. The summed E-state index contributed by atoms with van der Waals surface area (Å²) < 4.78 is 26.5. The molecule has 284 valence electrons. The quantitative estimate of drug-likeness (QED) is 0.0602. The van der Waals surface area contributed by atoms with Gasteiger partial charge >= 0.3 is 25.9 Å². The van der Waals surface area contributed by atoms with Crippen molar-refractivity contribution in [2.24, 2.45) is 11.8 Å². The van der Waals surface area contributed by atoms with Crippen LogP contribution in [0.4, 0.5) is 32.5 Å². The molecule has 3 aromatic rings. The number of urea groups is 1. The number of pyridine rings is 1. The number of hydrogen-bond acceptors (Lipinski definition) is 9. The van der Waals surface area contributed by atoms with Crippen molar-refractivity contribution in [1.29, 1.82) is 0 Å². The van der Waals surface area contributed by atoms with Gasteiger partial charge in [-0.3, -0.25) is 14.2 Å². The zero-order chi connectivity index (χ0) is 38.6. The Morgan fingerprint density at radius 2 is 1.58 bits per heavy atom. The lowest BCUT2D eigenvalue weighted by atomic mass is 9.92. The van der Waals surface area contributed by atoms with Gasteiger partial charge in [0.15, 0.2) is 0 Å². The summed E-state index contributed by atoms with van der Waals surface area (Å²) in [6.07, 6.45) is -0.213. The van der Waals surface area contributed by atoms with Crippen LogP contribution in [0.1, 0.15) is 77.0 Å². The number of esters is 1. The number of carbonyl (C=O) groups is 3. The van der Waals surface area contributed by atoms with Crippen LogP contribution in [0.5, 0.6) is 0 Å². The van der Waals surface area contributed by atoms with E-state index in [2.05, 4.69) is 52.7 Å². The lowest BCUT2D eigenvalue weighted by Crippen LogP contribution is -2.33. The Hall–Kier alpha value is -4.49. The molecule has 0 saturated heterocycles. The van der Waals surface area contributed by atoms with Gasteiger partial charge < -0.3 is 34.8 Å². The summed E-state index contributed by atoms with van der Waals surface area (Å²) in [7, 11) is -3.41. The monoisotopic (exact) mass is 741 g/mol. The third-order valence-electron chi connectivity index (χ3n) is 7.88.